The maximum absolute atomic E-state index is 8.88. The van der Waals surface area contributed by atoms with Gasteiger partial charge >= 0.3 is 77.3 Å². The molecule has 5 N–H and O–H groups in total. The molecule has 0 rings (SSSR count). The minimum atomic E-state index is -4.67. The third-order valence-electron chi connectivity index (χ3n) is 0. The number of hydrogen-bond acceptors (Lipinski definition) is 3. The Balaban J connectivity index is -0.0000000178. The van der Waals surface area contributed by atoms with E-state index in [-0.39, 0.29) is 62.0 Å². The summed E-state index contributed by atoms with van der Waals surface area (Å²) in [6.45, 7) is 0. The molecule has 0 bridgehead atoms. The third kappa shape index (κ3) is 368. The second-order valence-corrected chi connectivity index (χ2v) is 2.88. The van der Waals surface area contributed by atoms with Crippen LogP contribution in [0.4, 0.5) is 0 Å². The summed E-state index contributed by atoms with van der Waals surface area (Å²) in [5.41, 5.74) is 0. The smallest absolute Gasteiger partial charge is 1.00 e. The van der Waals surface area contributed by atoms with Crippen LogP contribution >= 0.6 is 7.82 Å². The van der Waals surface area contributed by atoms with Crippen molar-refractivity contribution in [1.29, 1.82) is 0 Å². The van der Waals surface area contributed by atoms with Gasteiger partial charge in [-0.2, -0.15) is 8.42 Å². The Bertz CT molecular complexity index is 203. The second-order valence-electron chi connectivity index (χ2n) is 0.961. The van der Waals surface area contributed by atoms with Crippen LogP contribution in [0.15, 0.2) is 0 Å². The Morgan fingerprint density at radius 1 is 1.00 bits per heavy atom. The quantitative estimate of drug-likeness (QED) is 0.160. The van der Waals surface area contributed by atoms with E-state index in [1.807, 2.05) is 0 Å². The zero-order chi connectivity index (χ0) is 9.00. The van der Waals surface area contributed by atoms with E-state index < -0.39 is 18.2 Å². The molecule has 0 unspecified atom stereocenters. The van der Waals surface area contributed by atoms with Crippen LogP contribution in [-0.4, -0.2) is 32.2 Å². The van der Waals surface area contributed by atoms with Crippen LogP contribution in [0.25, 0.3) is 0 Å². The summed E-state index contributed by atoms with van der Waals surface area (Å²) < 4.78 is 40.5. The summed E-state index contributed by atoms with van der Waals surface area (Å²) in [6, 6.07) is 0. The number of rotatable bonds is 0. The molecule has 0 aromatic rings. The molecule has 0 aliphatic carbocycles. The van der Waals surface area contributed by atoms with Gasteiger partial charge in [-0.05, 0) is 0 Å². The molecule has 0 atom stereocenters. The summed E-state index contributed by atoms with van der Waals surface area (Å²) in [4.78, 5) is 21.6. The van der Waals surface area contributed by atoms with Gasteiger partial charge in [0.1, 0.15) is 0 Å². The van der Waals surface area contributed by atoms with E-state index in [9.17, 15) is 0 Å². The van der Waals surface area contributed by atoms with E-state index in [0.717, 1.165) is 0 Å². The Morgan fingerprint density at radius 2 is 1.00 bits per heavy atom. The Kier molecular flexibility index (Phi) is 18.8. The molecule has 0 aliphatic rings. The second kappa shape index (κ2) is 9.53. The van der Waals surface area contributed by atoms with Crippen molar-refractivity contribution >= 4 is 18.2 Å². The van der Waals surface area contributed by atoms with Gasteiger partial charge in [0.2, 0.25) is 0 Å². The predicted octanol–water partition coefficient (Wildman–Crippen LogP) is -7.35. The van der Waals surface area contributed by atoms with Crippen molar-refractivity contribution in [2.75, 3.05) is 0 Å². The summed E-state index contributed by atoms with van der Waals surface area (Å²) in [7, 11) is -9.31. The van der Waals surface area contributed by atoms with E-state index in [1.54, 1.807) is 0 Å². The van der Waals surface area contributed by atoms with Crippen molar-refractivity contribution in [1.82, 2.24) is 0 Å². The van der Waals surface area contributed by atoms with Gasteiger partial charge in [0, 0.05) is 0 Å². The minimum absolute atomic E-state index is 0. The van der Waals surface area contributed by atoms with Crippen molar-refractivity contribution in [2.45, 2.75) is 0 Å². The molecule has 8 nitrogen and oxygen atoms in total. The van der Waals surface area contributed by atoms with Gasteiger partial charge in [0.15, 0.2) is 0 Å². The number of hydrogen-bond donors (Lipinski definition) is 5. The zero-order valence-electron chi connectivity index (χ0n) is 8.32. The Labute approximate surface area is 116 Å². The van der Waals surface area contributed by atoms with Crippen molar-refractivity contribution in [3.05, 3.63) is 0 Å². The summed E-state index contributed by atoms with van der Waals surface area (Å²) >= 11 is 0. The van der Waals surface area contributed by atoms with Crippen LogP contribution in [0, 0.1) is 0 Å². The predicted molar refractivity (Wildman–Crippen MR) is 30.7 cm³/mol. The first-order valence-electron chi connectivity index (χ1n) is 1.48. The van der Waals surface area contributed by atoms with E-state index in [1.165, 1.54) is 0 Å². The summed E-state index contributed by atoms with van der Waals surface area (Å²) in [6.07, 6.45) is 0. The van der Waals surface area contributed by atoms with Gasteiger partial charge in [-0.1, -0.05) is 0 Å². The average molecular weight is 244 g/mol. The van der Waals surface area contributed by atoms with Gasteiger partial charge < -0.3 is 17.5 Å². The molecule has 0 radical (unpaired) electrons. The van der Waals surface area contributed by atoms with Crippen LogP contribution in [0.5, 0.6) is 0 Å². The Morgan fingerprint density at radius 3 is 1.00 bits per heavy atom. The maximum Gasteiger partial charge on any atom is 1.00 e. The van der Waals surface area contributed by atoms with Crippen LogP contribution in [0.2, 0.25) is 0 Å². The van der Waals surface area contributed by atoms with Crippen molar-refractivity contribution in [3.8, 4) is 0 Å². The molecule has 0 saturated carbocycles. The first-order chi connectivity index (χ1) is 4.00. The van der Waals surface area contributed by atoms with Gasteiger partial charge in [-0.15, -0.1) is 0 Å². The zero-order valence-corrected chi connectivity index (χ0v) is 12.0. The first-order valence-corrected chi connectivity index (χ1v) is 4.44. The van der Waals surface area contributed by atoms with Gasteiger partial charge in [-0.25, -0.2) is 4.57 Å². The molecule has 0 fully saturated rings. The normalized spacial score (nSPS) is 9.75. The number of phosphoric acid groups is 1. The maximum atomic E-state index is 8.88. The molecule has 12 heavy (non-hydrogen) atoms. The molecule has 0 amide bonds. The topological polar surface area (TPSA) is 152 Å². The largest absolute Gasteiger partial charge is 1.00 e. The minimum Gasteiger partial charge on any atom is -1.00 e. The van der Waals surface area contributed by atoms with Crippen molar-refractivity contribution < 1.29 is 98.7 Å². The fourth-order valence-electron chi connectivity index (χ4n) is 0. The van der Waals surface area contributed by atoms with Crippen molar-refractivity contribution in [2.24, 2.45) is 0 Å². The molecule has 0 aromatic carbocycles. The third-order valence-corrected chi connectivity index (χ3v) is 0. The molecular formula is H7Na2O8PS. The standard InChI is InChI=1S/2Na.H3O4P.H2O4S.2H/c;;2*1-5(2,3)4;;/h;;(H3,1,2,3,4);(H2,1,2,3,4);;/q2*+1;;;2*-1. The van der Waals surface area contributed by atoms with Gasteiger partial charge in [0.25, 0.3) is 0 Å². The Hall–Kier alpha value is 1.98. The molecule has 12 heteroatoms. The summed E-state index contributed by atoms with van der Waals surface area (Å²) in [5.74, 6) is 0. The molecule has 0 aliphatic heterocycles. The molecule has 0 saturated heterocycles. The van der Waals surface area contributed by atoms with E-state index in [2.05, 4.69) is 0 Å². The van der Waals surface area contributed by atoms with Crippen LogP contribution < -0.4 is 59.1 Å². The van der Waals surface area contributed by atoms with Crippen LogP contribution in [-0.2, 0) is 15.0 Å². The van der Waals surface area contributed by atoms with E-state index >= 15 is 0 Å². The molecule has 0 spiro atoms. The van der Waals surface area contributed by atoms with E-state index in [4.69, 9.17) is 36.8 Å². The SMILES string of the molecule is O=P(O)(O)O.O=S(=O)(O)O.[H-].[H-].[Na+].[Na+]. The van der Waals surface area contributed by atoms with Gasteiger partial charge in [0.05, 0.1) is 0 Å². The molecule has 0 heterocycles. The van der Waals surface area contributed by atoms with Crippen LogP contribution in [0.1, 0.15) is 2.85 Å². The summed E-state index contributed by atoms with van der Waals surface area (Å²) in [5, 5.41) is 0. The average Bonchev–Trinajstić information content (AvgIpc) is 1.12. The first kappa shape index (κ1) is 23.6. The molecule has 0 aromatic heterocycles. The van der Waals surface area contributed by atoms with Crippen LogP contribution in [0.3, 0.4) is 0 Å². The molecule has 68 valence electrons. The van der Waals surface area contributed by atoms with Gasteiger partial charge in [-0.3, -0.25) is 9.11 Å². The fraction of sp³-hybridized carbons (Fsp3) is 0. The molecular weight excluding hydrogens is 237 g/mol. The van der Waals surface area contributed by atoms with Crippen molar-refractivity contribution in [3.63, 3.8) is 0 Å². The van der Waals surface area contributed by atoms with E-state index in [0.29, 0.717) is 0 Å². The monoisotopic (exact) mass is 244 g/mol. The fourth-order valence-corrected chi connectivity index (χ4v) is 0.